The highest BCUT2D eigenvalue weighted by Gasteiger charge is 2.34. The maximum atomic E-state index is 14.3. The maximum Gasteiger partial charge on any atom is 0.265 e. The quantitative estimate of drug-likeness (QED) is 0.260. The van der Waals surface area contributed by atoms with Gasteiger partial charge in [0.2, 0.25) is 11.8 Å². The number of nitrogens with zero attached hydrogens (tertiary/aromatic N) is 2. The van der Waals surface area contributed by atoms with Gasteiger partial charge in [-0.05, 0) is 54.8 Å². The van der Waals surface area contributed by atoms with Crippen LogP contribution in [0.2, 0.25) is 0 Å². The third-order valence-electron chi connectivity index (χ3n) is 6.99. The van der Waals surface area contributed by atoms with Crippen LogP contribution in [0.25, 0.3) is 0 Å². The Labute approximate surface area is 263 Å². The fourth-order valence-corrected chi connectivity index (χ4v) is 5.86. The van der Waals surface area contributed by atoms with Crippen molar-refractivity contribution in [3.05, 3.63) is 72.0 Å². The molecule has 0 aliphatic rings. The molecule has 244 valence electrons. The standard InChI is InChI=1S/C32H40FN3O8S/c1-21(2)18-34-32(38)22(3)35(19-23-8-10-24(33)11-9-23)31(37)20-36(27-16-25(41-4)12-14-28(27)42-5)45(39,40)26-13-15-29(43-6)30(17-26)44-7/h8-17,21-22H,18-20H2,1-7H3,(H,34,38). The first-order chi connectivity index (χ1) is 21.4. The second-order valence-corrected chi connectivity index (χ2v) is 12.4. The molecule has 0 radical (unpaired) electrons. The zero-order chi connectivity index (χ0) is 33.3. The predicted octanol–water partition coefficient (Wildman–Crippen LogP) is 4.24. The zero-order valence-electron chi connectivity index (χ0n) is 26.5. The molecule has 0 saturated heterocycles. The van der Waals surface area contributed by atoms with Crippen LogP contribution in [0.3, 0.4) is 0 Å². The molecule has 0 saturated carbocycles. The van der Waals surface area contributed by atoms with E-state index >= 15 is 0 Å². The van der Waals surface area contributed by atoms with E-state index in [1.165, 1.54) is 87.9 Å². The minimum atomic E-state index is -4.48. The lowest BCUT2D eigenvalue weighted by Crippen LogP contribution is -2.51. The Balaban J connectivity index is 2.15. The number of nitrogens with one attached hydrogen (secondary N) is 1. The summed E-state index contributed by atoms with van der Waals surface area (Å²) in [6, 6.07) is 13.1. The molecule has 1 N–H and O–H groups in total. The van der Waals surface area contributed by atoms with Crippen LogP contribution in [0.15, 0.2) is 65.6 Å². The highest BCUT2D eigenvalue weighted by molar-refractivity contribution is 7.92. The number of benzene rings is 3. The topological polar surface area (TPSA) is 124 Å². The van der Waals surface area contributed by atoms with Crippen molar-refractivity contribution in [1.29, 1.82) is 0 Å². The van der Waals surface area contributed by atoms with E-state index in [1.54, 1.807) is 13.0 Å². The van der Waals surface area contributed by atoms with Gasteiger partial charge in [-0.25, -0.2) is 12.8 Å². The minimum absolute atomic E-state index is 0.0265. The van der Waals surface area contributed by atoms with Gasteiger partial charge in [0.1, 0.15) is 29.9 Å². The predicted molar refractivity (Wildman–Crippen MR) is 168 cm³/mol. The fourth-order valence-electron chi connectivity index (χ4n) is 4.43. The van der Waals surface area contributed by atoms with E-state index < -0.39 is 40.2 Å². The Hall–Kier alpha value is -4.52. The number of hydrogen-bond acceptors (Lipinski definition) is 8. The van der Waals surface area contributed by atoms with E-state index in [4.69, 9.17) is 18.9 Å². The lowest BCUT2D eigenvalue weighted by atomic mass is 10.1. The fraction of sp³-hybridized carbons (Fsp3) is 0.375. The molecule has 0 aliphatic carbocycles. The number of anilines is 1. The highest BCUT2D eigenvalue weighted by atomic mass is 32.2. The lowest BCUT2D eigenvalue weighted by molar-refractivity contribution is -0.139. The van der Waals surface area contributed by atoms with Crippen LogP contribution < -0.4 is 28.6 Å². The summed E-state index contributed by atoms with van der Waals surface area (Å²) >= 11 is 0. The van der Waals surface area contributed by atoms with E-state index in [2.05, 4.69) is 5.32 Å². The van der Waals surface area contributed by atoms with Gasteiger partial charge in [0, 0.05) is 25.2 Å². The Kier molecular flexibility index (Phi) is 12.0. The molecule has 3 aromatic carbocycles. The van der Waals surface area contributed by atoms with Crippen LogP contribution in [0, 0.1) is 11.7 Å². The molecule has 0 fully saturated rings. The molecule has 45 heavy (non-hydrogen) atoms. The van der Waals surface area contributed by atoms with Crippen molar-refractivity contribution in [3.63, 3.8) is 0 Å². The summed E-state index contributed by atoms with van der Waals surface area (Å²) in [5.74, 6) is -0.481. The number of carbonyl (C=O) groups excluding carboxylic acids is 2. The van der Waals surface area contributed by atoms with E-state index in [-0.39, 0.29) is 34.5 Å². The molecule has 2 amide bonds. The molecule has 11 nitrogen and oxygen atoms in total. The molecule has 1 atom stereocenters. The smallest absolute Gasteiger partial charge is 0.265 e. The van der Waals surface area contributed by atoms with Gasteiger partial charge in [-0.2, -0.15) is 0 Å². The molecular formula is C32H40FN3O8S. The van der Waals surface area contributed by atoms with Gasteiger partial charge in [-0.1, -0.05) is 26.0 Å². The Morgan fingerprint density at radius 1 is 0.822 bits per heavy atom. The maximum absolute atomic E-state index is 14.3. The Morgan fingerprint density at radius 3 is 2.02 bits per heavy atom. The average molecular weight is 646 g/mol. The van der Waals surface area contributed by atoms with Crippen molar-refractivity contribution in [2.24, 2.45) is 5.92 Å². The van der Waals surface area contributed by atoms with Crippen LogP contribution in [0.1, 0.15) is 26.3 Å². The Morgan fingerprint density at radius 2 is 1.44 bits per heavy atom. The van der Waals surface area contributed by atoms with E-state index in [0.717, 1.165) is 4.31 Å². The lowest BCUT2D eigenvalue weighted by Gasteiger charge is -2.32. The average Bonchev–Trinajstić information content (AvgIpc) is 3.04. The number of halogens is 1. The van der Waals surface area contributed by atoms with Crippen LogP contribution in [-0.2, 0) is 26.2 Å². The van der Waals surface area contributed by atoms with E-state index in [0.29, 0.717) is 23.6 Å². The first kappa shape index (κ1) is 35.0. The third kappa shape index (κ3) is 8.56. The molecule has 3 rings (SSSR count). The largest absolute Gasteiger partial charge is 0.497 e. The number of methoxy groups -OCH3 is 4. The molecule has 0 bridgehead atoms. The Bertz CT molecular complexity index is 1580. The molecule has 0 aliphatic heterocycles. The molecule has 3 aromatic rings. The van der Waals surface area contributed by atoms with Crippen molar-refractivity contribution >= 4 is 27.5 Å². The van der Waals surface area contributed by atoms with Gasteiger partial charge >= 0.3 is 0 Å². The molecule has 0 heterocycles. The first-order valence-electron chi connectivity index (χ1n) is 14.1. The number of ether oxygens (including phenoxy) is 4. The van der Waals surface area contributed by atoms with Gasteiger partial charge in [0.25, 0.3) is 10.0 Å². The third-order valence-corrected chi connectivity index (χ3v) is 8.75. The van der Waals surface area contributed by atoms with Crippen LogP contribution in [-0.4, -0.2) is 72.7 Å². The number of sulfonamides is 1. The van der Waals surface area contributed by atoms with Crippen molar-refractivity contribution in [2.45, 2.75) is 38.3 Å². The summed E-state index contributed by atoms with van der Waals surface area (Å²) < 4.78 is 64.7. The van der Waals surface area contributed by atoms with Gasteiger partial charge in [-0.15, -0.1) is 0 Å². The number of rotatable bonds is 15. The summed E-state index contributed by atoms with van der Waals surface area (Å²) in [4.78, 5) is 28.4. The number of hydrogen-bond donors (Lipinski definition) is 1. The minimum Gasteiger partial charge on any atom is -0.497 e. The normalized spacial score (nSPS) is 11.8. The second-order valence-electron chi connectivity index (χ2n) is 10.5. The van der Waals surface area contributed by atoms with Crippen molar-refractivity contribution in [2.75, 3.05) is 45.8 Å². The summed E-state index contributed by atoms with van der Waals surface area (Å²) in [5, 5.41) is 2.82. The monoisotopic (exact) mass is 645 g/mol. The first-order valence-corrected chi connectivity index (χ1v) is 15.6. The van der Waals surface area contributed by atoms with Gasteiger partial charge in [-0.3, -0.25) is 13.9 Å². The SMILES string of the molecule is COc1ccc(OC)c(N(CC(=O)N(Cc2ccc(F)cc2)C(C)C(=O)NCC(C)C)S(=O)(=O)c2ccc(OC)c(OC)c2)c1. The molecular weight excluding hydrogens is 605 g/mol. The number of carbonyl (C=O) groups is 2. The van der Waals surface area contributed by atoms with Crippen molar-refractivity contribution in [1.82, 2.24) is 10.2 Å². The molecule has 13 heteroatoms. The zero-order valence-corrected chi connectivity index (χ0v) is 27.3. The van der Waals surface area contributed by atoms with Gasteiger partial charge in [0.05, 0.1) is 39.0 Å². The molecule has 1 unspecified atom stereocenters. The van der Waals surface area contributed by atoms with Crippen LogP contribution >= 0.6 is 0 Å². The summed E-state index contributed by atoms with van der Waals surface area (Å²) in [5.41, 5.74) is 0.570. The number of amides is 2. The highest BCUT2D eigenvalue weighted by Crippen LogP contribution is 2.37. The summed E-state index contributed by atoms with van der Waals surface area (Å²) in [6.45, 7) is 4.99. The molecule has 0 spiro atoms. The van der Waals surface area contributed by atoms with E-state index in [1.807, 2.05) is 13.8 Å². The van der Waals surface area contributed by atoms with Crippen LogP contribution in [0.4, 0.5) is 10.1 Å². The summed E-state index contributed by atoms with van der Waals surface area (Å²) in [6.07, 6.45) is 0. The van der Waals surface area contributed by atoms with Crippen molar-refractivity contribution in [3.8, 4) is 23.0 Å². The molecule has 0 aromatic heterocycles. The second kappa shape index (κ2) is 15.5. The van der Waals surface area contributed by atoms with Gasteiger partial charge in [0.15, 0.2) is 11.5 Å². The van der Waals surface area contributed by atoms with Gasteiger partial charge < -0.3 is 29.2 Å². The van der Waals surface area contributed by atoms with Crippen molar-refractivity contribution < 1.29 is 41.3 Å². The summed E-state index contributed by atoms with van der Waals surface area (Å²) in [7, 11) is 1.11. The van der Waals surface area contributed by atoms with E-state index in [9.17, 15) is 22.4 Å². The van der Waals surface area contributed by atoms with Crippen LogP contribution in [0.5, 0.6) is 23.0 Å².